The van der Waals surface area contributed by atoms with Crippen LogP contribution in [-0.2, 0) is 27.4 Å². The van der Waals surface area contributed by atoms with Gasteiger partial charge in [-0.25, -0.2) is 4.79 Å². The van der Waals surface area contributed by atoms with Crippen LogP contribution in [0.5, 0.6) is 0 Å². The Labute approximate surface area is 164 Å². The van der Waals surface area contributed by atoms with E-state index in [0.717, 1.165) is 15.2 Å². The Bertz CT molecular complexity index is 928. The Hall–Kier alpha value is -2.78. The standard InChI is InChI=1S/C17H16ClN5O3S/c1-11(17(25)19-9-12-5-2-3-6-13(12)18)26-15(24)10-23-21-16(20-22-23)14-7-4-8-27-14/h2-8,11H,9-10H2,1H3,(H,19,25)/t11-/m0/s1. The molecule has 0 aliphatic heterocycles. The molecular weight excluding hydrogens is 390 g/mol. The molecule has 0 bridgehead atoms. The van der Waals surface area contributed by atoms with Gasteiger partial charge in [-0.15, -0.1) is 21.5 Å². The van der Waals surface area contributed by atoms with Gasteiger partial charge in [0, 0.05) is 11.6 Å². The van der Waals surface area contributed by atoms with Gasteiger partial charge >= 0.3 is 5.97 Å². The third-order valence-corrected chi connectivity index (χ3v) is 4.79. The summed E-state index contributed by atoms with van der Waals surface area (Å²) in [5, 5.41) is 17.0. The maximum absolute atomic E-state index is 12.1. The van der Waals surface area contributed by atoms with Crippen molar-refractivity contribution < 1.29 is 14.3 Å². The minimum absolute atomic E-state index is 0.236. The summed E-state index contributed by atoms with van der Waals surface area (Å²) in [6.07, 6.45) is -0.958. The van der Waals surface area contributed by atoms with Crippen molar-refractivity contribution >= 4 is 34.8 Å². The molecule has 1 atom stereocenters. The van der Waals surface area contributed by atoms with Crippen LogP contribution in [0.3, 0.4) is 0 Å². The van der Waals surface area contributed by atoms with Gasteiger partial charge in [0.15, 0.2) is 12.6 Å². The van der Waals surface area contributed by atoms with Gasteiger partial charge in [-0.3, -0.25) is 4.79 Å². The lowest BCUT2D eigenvalue weighted by Crippen LogP contribution is -2.36. The number of hydrogen-bond acceptors (Lipinski definition) is 7. The molecule has 0 fully saturated rings. The Kier molecular flexibility index (Phi) is 6.15. The molecule has 2 aromatic heterocycles. The van der Waals surface area contributed by atoms with Crippen LogP contribution in [0.1, 0.15) is 12.5 Å². The number of tetrazole rings is 1. The summed E-state index contributed by atoms with van der Waals surface area (Å²) in [4.78, 5) is 26.1. The van der Waals surface area contributed by atoms with Gasteiger partial charge in [0.1, 0.15) is 0 Å². The maximum atomic E-state index is 12.1. The Morgan fingerprint density at radius 2 is 2.11 bits per heavy atom. The zero-order valence-corrected chi connectivity index (χ0v) is 15.9. The summed E-state index contributed by atoms with van der Waals surface area (Å²) in [6.45, 7) is 1.50. The fourth-order valence-electron chi connectivity index (χ4n) is 2.19. The average Bonchev–Trinajstić information content (AvgIpc) is 3.32. The van der Waals surface area contributed by atoms with Crippen molar-refractivity contribution in [3.63, 3.8) is 0 Å². The normalized spacial score (nSPS) is 11.8. The van der Waals surface area contributed by atoms with Crippen LogP contribution in [0.25, 0.3) is 10.7 Å². The molecule has 3 aromatic rings. The fourth-order valence-corrected chi connectivity index (χ4v) is 3.04. The lowest BCUT2D eigenvalue weighted by atomic mass is 10.2. The van der Waals surface area contributed by atoms with E-state index in [9.17, 15) is 9.59 Å². The van der Waals surface area contributed by atoms with E-state index in [0.29, 0.717) is 10.8 Å². The van der Waals surface area contributed by atoms with Crippen molar-refractivity contribution in [1.29, 1.82) is 0 Å². The maximum Gasteiger partial charge on any atom is 0.330 e. The molecule has 1 amide bonds. The van der Waals surface area contributed by atoms with Gasteiger partial charge in [-0.2, -0.15) is 4.80 Å². The zero-order chi connectivity index (χ0) is 19.2. The topological polar surface area (TPSA) is 99.0 Å². The fraction of sp³-hybridized carbons (Fsp3) is 0.235. The molecule has 0 aliphatic carbocycles. The van der Waals surface area contributed by atoms with Crippen molar-refractivity contribution in [2.45, 2.75) is 26.1 Å². The van der Waals surface area contributed by atoms with E-state index in [4.69, 9.17) is 16.3 Å². The van der Waals surface area contributed by atoms with Gasteiger partial charge in [0.25, 0.3) is 5.91 Å². The minimum atomic E-state index is -0.958. The second-order valence-corrected chi connectivity index (χ2v) is 6.92. The molecular formula is C17H16ClN5O3S. The molecule has 8 nitrogen and oxygen atoms in total. The number of hydrogen-bond donors (Lipinski definition) is 1. The number of aromatic nitrogens is 4. The van der Waals surface area contributed by atoms with E-state index in [1.54, 1.807) is 18.2 Å². The van der Waals surface area contributed by atoms with Crippen molar-refractivity contribution in [2.75, 3.05) is 0 Å². The molecule has 0 saturated heterocycles. The number of nitrogens with one attached hydrogen (secondary N) is 1. The van der Waals surface area contributed by atoms with Gasteiger partial charge in [0.05, 0.1) is 4.88 Å². The summed E-state index contributed by atoms with van der Waals surface area (Å²) in [6, 6.07) is 10.9. The second kappa shape index (κ2) is 8.74. The molecule has 0 unspecified atom stereocenters. The molecule has 0 radical (unpaired) electrons. The molecule has 0 saturated carbocycles. The van der Waals surface area contributed by atoms with E-state index < -0.39 is 18.0 Å². The number of carbonyl (C=O) groups excluding carboxylic acids is 2. The highest BCUT2D eigenvalue weighted by molar-refractivity contribution is 7.13. The molecule has 1 N–H and O–H groups in total. The smallest absolute Gasteiger partial charge is 0.330 e. The molecule has 3 rings (SSSR count). The van der Waals surface area contributed by atoms with Gasteiger partial charge in [-0.05, 0) is 35.2 Å². The van der Waals surface area contributed by atoms with E-state index in [1.807, 2.05) is 23.6 Å². The quantitative estimate of drug-likeness (QED) is 0.605. The largest absolute Gasteiger partial charge is 0.451 e. The Morgan fingerprint density at radius 1 is 1.30 bits per heavy atom. The van der Waals surface area contributed by atoms with E-state index in [1.165, 1.54) is 18.3 Å². The molecule has 0 spiro atoms. The lowest BCUT2D eigenvalue weighted by molar-refractivity contribution is -0.155. The van der Waals surface area contributed by atoms with Crippen molar-refractivity contribution in [2.24, 2.45) is 0 Å². The number of esters is 1. The number of rotatable bonds is 7. The lowest BCUT2D eigenvalue weighted by Gasteiger charge is -2.13. The molecule has 0 aliphatic rings. The highest BCUT2D eigenvalue weighted by atomic mass is 35.5. The summed E-state index contributed by atoms with van der Waals surface area (Å²) in [5.74, 6) is -0.622. The zero-order valence-electron chi connectivity index (χ0n) is 14.3. The first-order valence-electron chi connectivity index (χ1n) is 8.05. The molecule has 140 valence electrons. The van der Waals surface area contributed by atoms with Crippen molar-refractivity contribution in [3.8, 4) is 10.7 Å². The minimum Gasteiger partial charge on any atom is -0.451 e. The Morgan fingerprint density at radius 3 is 2.85 bits per heavy atom. The summed E-state index contributed by atoms with van der Waals surface area (Å²) < 4.78 is 5.12. The third-order valence-electron chi connectivity index (χ3n) is 3.55. The number of benzene rings is 1. The molecule has 27 heavy (non-hydrogen) atoms. The summed E-state index contributed by atoms with van der Waals surface area (Å²) in [7, 11) is 0. The molecule has 1 aromatic carbocycles. The van der Waals surface area contributed by atoms with E-state index >= 15 is 0 Å². The second-order valence-electron chi connectivity index (χ2n) is 5.56. The first-order valence-corrected chi connectivity index (χ1v) is 9.31. The van der Waals surface area contributed by atoms with Crippen LogP contribution in [0.15, 0.2) is 41.8 Å². The van der Waals surface area contributed by atoms with Crippen LogP contribution in [-0.4, -0.2) is 38.2 Å². The van der Waals surface area contributed by atoms with E-state index in [2.05, 4.69) is 20.7 Å². The molecule has 10 heteroatoms. The number of amides is 1. The highest BCUT2D eigenvalue weighted by Crippen LogP contribution is 2.19. The first-order chi connectivity index (χ1) is 13.0. The number of ether oxygens (including phenoxy) is 1. The van der Waals surface area contributed by atoms with Crippen molar-refractivity contribution in [3.05, 3.63) is 52.4 Å². The van der Waals surface area contributed by atoms with Crippen LogP contribution >= 0.6 is 22.9 Å². The first kappa shape index (κ1) is 19.0. The predicted molar refractivity (Wildman–Crippen MR) is 100.0 cm³/mol. The summed E-state index contributed by atoms with van der Waals surface area (Å²) in [5.41, 5.74) is 0.777. The predicted octanol–water partition coefficient (Wildman–Crippen LogP) is 2.30. The molecule has 2 heterocycles. The Balaban J connectivity index is 1.48. The highest BCUT2D eigenvalue weighted by Gasteiger charge is 2.19. The van der Waals surface area contributed by atoms with Crippen LogP contribution in [0, 0.1) is 0 Å². The number of thiophene rings is 1. The number of nitrogens with zero attached hydrogens (tertiary/aromatic N) is 4. The van der Waals surface area contributed by atoms with E-state index in [-0.39, 0.29) is 13.1 Å². The van der Waals surface area contributed by atoms with Gasteiger partial charge in [0.2, 0.25) is 5.82 Å². The van der Waals surface area contributed by atoms with Crippen LogP contribution < -0.4 is 5.32 Å². The van der Waals surface area contributed by atoms with Crippen LogP contribution in [0.4, 0.5) is 0 Å². The van der Waals surface area contributed by atoms with Gasteiger partial charge in [-0.1, -0.05) is 35.9 Å². The van der Waals surface area contributed by atoms with Crippen LogP contribution in [0.2, 0.25) is 5.02 Å². The monoisotopic (exact) mass is 405 g/mol. The van der Waals surface area contributed by atoms with Crippen molar-refractivity contribution in [1.82, 2.24) is 25.5 Å². The number of carbonyl (C=O) groups is 2. The third kappa shape index (κ3) is 5.11. The van der Waals surface area contributed by atoms with Gasteiger partial charge < -0.3 is 10.1 Å². The SMILES string of the molecule is C[C@H](OC(=O)Cn1nnc(-c2cccs2)n1)C(=O)NCc1ccccc1Cl. The summed E-state index contributed by atoms with van der Waals surface area (Å²) >= 11 is 7.51. The number of halogens is 1. The average molecular weight is 406 g/mol.